The number of benzene rings is 2. The lowest BCUT2D eigenvalue weighted by atomic mass is 10.1. The third-order valence-corrected chi connectivity index (χ3v) is 3.24. The second kappa shape index (κ2) is 7.76. The molecule has 1 amide bonds. The molecule has 0 aliphatic carbocycles. The minimum atomic E-state index is -1.26. The van der Waals surface area contributed by atoms with E-state index < -0.39 is 16.9 Å². The number of anilines is 1. The molecule has 0 heterocycles. The lowest BCUT2D eigenvalue weighted by Crippen LogP contribution is -2.34. The molecule has 2 rings (SSSR count). The van der Waals surface area contributed by atoms with Crippen molar-refractivity contribution in [1.29, 1.82) is 0 Å². The van der Waals surface area contributed by atoms with Crippen LogP contribution in [0.2, 0.25) is 0 Å². The van der Waals surface area contributed by atoms with Gasteiger partial charge in [-0.25, -0.2) is 0 Å². The molecule has 23 heavy (non-hydrogen) atoms. The first-order valence-corrected chi connectivity index (χ1v) is 7.22. The summed E-state index contributed by atoms with van der Waals surface area (Å²) in [6.45, 7) is 1.61. The van der Waals surface area contributed by atoms with E-state index >= 15 is 0 Å². The van der Waals surface area contributed by atoms with Crippen molar-refractivity contribution in [3.05, 3.63) is 75.8 Å². The molecule has 1 N–H and O–H groups in total. The zero-order chi connectivity index (χ0) is 16.7. The summed E-state index contributed by atoms with van der Waals surface area (Å²) in [5.41, 5.74) is 1.94. The van der Waals surface area contributed by atoms with Gasteiger partial charge in [-0.2, -0.15) is 0 Å². The van der Waals surface area contributed by atoms with Crippen LogP contribution in [-0.2, 0) is 4.79 Å². The van der Waals surface area contributed by atoms with E-state index in [-0.39, 0.29) is 6.42 Å². The van der Waals surface area contributed by atoms with Crippen molar-refractivity contribution in [3.8, 4) is 11.8 Å². The van der Waals surface area contributed by atoms with Crippen molar-refractivity contribution in [2.45, 2.75) is 19.4 Å². The van der Waals surface area contributed by atoms with Crippen LogP contribution >= 0.6 is 0 Å². The fourth-order valence-corrected chi connectivity index (χ4v) is 2.01. The van der Waals surface area contributed by atoms with Gasteiger partial charge < -0.3 is 5.32 Å². The van der Waals surface area contributed by atoms with Gasteiger partial charge in [0.15, 0.2) is 0 Å². The zero-order valence-corrected chi connectivity index (χ0v) is 12.7. The third-order valence-electron chi connectivity index (χ3n) is 3.24. The molecule has 0 saturated heterocycles. The highest BCUT2D eigenvalue weighted by molar-refractivity contribution is 5.95. The minimum Gasteiger partial charge on any atom is -0.319 e. The van der Waals surface area contributed by atoms with Crippen LogP contribution < -0.4 is 5.32 Å². The van der Waals surface area contributed by atoms with E-state index in [1.807, 2.05) is 30.3 Å². The Labute approximate surface area is 134 Å². The zero-order valence-electron chi connectivity index (χ0n) is 12.7. The normalized spacial score (nSPS) is 11.0. The van der Waals surface area contributed by atoms with Crippen LogP contribution in [0.1, 0.15) is 24.5 Å². The molecule has 5 nitrogen and oxygen atoms in total. The summed E-state index contributed by atoms with van der Waals surface area (Å²) < 4.78 is 0. The average Bonchev–Trinajstić information content (AvgIpc) is 2.55. The number of hydrogen-bond acceptors (Lipinski definition) is 3. The summed E-state index contributed by atoms with van der Waals surface area (Å²) in [5.74, 6) is 5.36. The van der Waals surface area contributed by atoms with Crippen LogP contribution in [0.15, 0.2) is 54.6 Å². The van der Waals surface area contributed by atoms with Crippen LogP contribution in [0, 0.1) is 22.0 Å². The molecule has 1 unspecified atom stereocenters. The Kier molecular flexibility index (Phi) is 5.48. The highest BCUT2D eigenvalue weighted by Crippen LogP contribution is 2.15. The first-order chi connectivity index (χ1) is 11.1. The van der Waals surface area contributed by atoms with Crippen LogP contribution in [-0.4, -0.2) is 16.9 Å². The predicted octanol–water partition coefficient (Wildman–Crippen LogP) is 3.08. The Hall–Kier alpha value is -3.13. The van der Waals surface area contributed by atoms with Crippen LogP contribution in [0.25, 0.3) is 0 Å². The smallest absolute Gasteiger partial charge is 0.299 e. The Morgan fingerprint density at radius 1 is 1.13 bits per heavy atom. The van der Waals surface area contributed by atoms with Crippen molar-refractivity contribution in [2.75, 3.05) is 5.32 Å². The van der Waals surface area contributed by atoms with Gasteiger partial charge in [0.1, 0.15) is 0 Å². The van der Waals surface area contributed by atoms with Gasteiger partial charge >= 0.3 is 0 Å². The second-order valence-electron chi connectivity index (χ2n) is 4.86. The van der Waals surface area contributed by atoms with Crippen molar-refractivity contribution in [3.63, 3.8) is 0 Å². The second-order valence-corrected chi connectivity index (χ2v) is 4.86. The molecule has 0 spiro atoms. The number of nitrogens with one attached hydrogen (secondary N) is 1. The number of hydrogen-bond donors (Lipinski definition) is 1. The molecule has 0 aromatic heterocycles. The van der Waals surface area contributed by atoms with Gasteiger partial charge in [0.2, 0.25) is 0 Å². The van der Waals surface area contributed by atoms with E-state index in [0.29, 0.717) is 11.3 Å². The summed E-state index contributed by atoms with van der Waals surface area (Å²) in [4.78, 5) is 22.3. The fourth-order valence-electron chi connectivity index (χ4n) is 2.01. The highest BCUT2D eigenvalue weighted by atomic mass is 16.6. The predicted molar refractivity (Wildman–Crippen MR) is 88.6 cm³/mol. The molecular formula is C18H16N2O3. The number of nitro groups is 1. The van der Waals surface area contributed by atoms with E-state index in [4.69, 9.17) is 0 Å². The van der Waals surface area contributed by atoms with Gasteiger partial charge in [-0.1, -0.05) is 49.1 Å². The summed E-state index contributed by atoms with van der Waals surface area (Å²) in [5, 5.41) is 13.5. The van der Waals surface area contributed by atoms with Crippen LogP contribution in [0.4, 0.5) is 5.69 Å². The number of para-hydroxylation sites is 1. The molecule has 0 aliphatic heterocycles. The number of nitrogens with zero attached hydrogens (tertiary/aromatic N) is 1. The molecule has 1 atom stereocenters. The van der Waals surface area contributed by atoms with E-state index in [9.17, 15) is 14.9 Å². The van der Waals surface area contributed by atoms with Gasteiger partial charge in [0.25, 0.3) is 11.9 Å². The minimum absolute atomic E-state index is 0.136. The summed E-state index contributed by atoms with van der Waals surface area (Å²) >= 11 is 0. The summed E-state index contributed by atoms with van der Waals surface area (Å²) in [6.07, 6.45) is 0.136. The molecule has 0 saturated carbocycles. The molecule has 5 heteroatoms. The maximum Gasteiger partial charge on any atom is 0.299 e. The van der Waals surface area contributed by atoms with E-state index in [1.54, 1.807) is 31.2 Å². The Morgan fingerprint density at radius 2 is 1.78 bits per heavy atom. The summed E-state index contributed by atoms with van der Waals surface area (Å²) in [7, 11) is 0. The highest BCUT2D eigenvalue weighted by Gasteiger charge is 2.27. The van der Waals surface area contributed by atoms with Gasteiger partial charge in [-0.05, 0) is 24.3 Å². The molecule has 0 bridgehead atoms. The van der Waals surface area contributed by atoms with Gasteiger partial charge in [-0.15, -0.1) is 0 Å². The van der Waals surface area contributed by atoms with Gasteiger partial charge in [-0.3, -0.25) is 14.9 Å². The van der Waals surface area contributed by atoms with Crippen molar-refractivity contribution < 1.29 is 9.72 Å². The molecule has 2 aromatic rings. The number of rotatable bonds is 4. The van der Waals surface area contributed by atoms with Crippen LogP contribution in [0.3, 0.4) is 0 Å². The van der Waals surface area contributed by atoms with Gasteiger partial charge in [0, 0.05) is 22.5 Å². The maximum absolute atomic E-state index is 12.0. The van der Waals surface area contributed by atoms with E-state index in [0.717, 1.165) is 5.56 Å². The fraction of sp³-hybridized carbons (Fsp3) is 0.167. The topological polar surface area (TPSA) is 72.2 Å². The van der Waals surface area contributed by atoms with Crippen molar-refractivity contribution in [1.82, 2.24) is 0 Å². The first-order valence-electron chi connectivity index (χ1n) is 7.22. The van der Waals surface area contributed by atoms with Crippen molar-refractivity contribution in [2.24, 2.45) is 0 Å². The standard InChI is InChI=1S/C18H16N2O3/c1-2-17(20(22)23)18(21)19-16-11-7-6-10-15(16)13-12-14-8-4-3-5-9-14/h3-11,17H,2H2,1H3,(H,19,21). The third kappa shape index (κ3) is 4.42. The van der Waals surface area contributed by atoms with E-state index in [1.165, 1.54) is 0 Å². The quantitative estimate of drug-likeness (QED) is 0.536. The molecule has 116 valence electrons. The number of carbonyl (C=O) groups is 1. The Bertz CT molecular complexity index is 761. The Balaban J connectivity index is 2.23. The average molecular weight is 308 g/mol. The number of carbonyl (C=O) groups excluding carboxylic acids is 1. The van der Waals surface area contributed by atoms with Crippen molar-refractivity contribution >= 4 is 11.6 Å². The first kappa shape index (κ1) is 16.2. The molecule has 0 aliphatic rings. The SMILES string of the molecule is CCC(C(=O)Nc1ccccc1C#Cc1ccccc1)[N+](=O)[O-]. The lowest BCUT2D eigenvalue weighted by Gasteiger charge is -2.09. The lowest BCUT2D eigenvalue weighted by molar-refractivity contribution is -0.507. The largest absolute Gasteiger partial charge is 0.319 e. The molecule has 0 fully saturated rings. The monoisotopic (exact) mass is 308 g/mol. The molecule has 0 radical (unpaired) electrons. The molecule has 2 aromatic carbocycles. The van der Waals surface area contributed by atoms with Crippen LogP contribution in [0.5, 0.6) is 0 Å². The summed E-state index contributed by atoms with van der Waals surface area (Å²) in [6, 6.07) is 15.2. The van der Waals surface area contributed by atoms with Gasteiger partial charge in [0.05, 0.1) is 5.69 Å². The molecular weight excluding hydrogens is 292 g/mol. The van der Waals surface area contributed by atoms with E-state index in [2.05, 4.69) is 17.2 Å². The maximum atomic E-state index is 12.0. The number of amides is 1. The Morgan fingerprint density at radius 3 is 2.43 bits per heavy atom.